The number of ether oxygens (including phenoxy) is 4. The molecule has 1 heterocycles. The van der Waals surface area contributed by atoms with E-state index in [-0.39, 0.29) is 11.9 Å². The summed E-state index contributed by atoms with van der Waals surface area (Å²) in [6.07, 6.45) is 0.610. The fourth-order valence-electron chi connectivity index (χ4n) is 3.79. The monoisotopic (exact) mass is 512 g/mol. The molecule has 0 spiro atoms. The van der Waals surface area contributed by atoms with Gasteiger partial charge in [-0.15, -0.1) is 0 Å². The van der Waals surface area contributed by atoms with Crippen LogP contribution in [0.3, 0.4) is 0 Å². The molecule has 1 aliphatic rings. The molecule has 2 amide bonds. The van der Waals surface area contributed by atoms with Crippen LogP contribution in [0.1, 0.15) is 38.3 Å². The molecule has 200 valence electrons. The molecular formula is C28H36N2O7. The molecule has 1 atom stereocenters. The van der Waals surface area contributed by atoms with Gasteiger partial charge < -0.3 is 29.2 Å². The van der Waals surface area contributed by atoms with Gasteiger partial charge in [-0.05, 0) is 62.6 Å². The van der Waals surface area contributed by atoms with Gasteiger partial charge in [-0.2, -0.15) is 0 Å². The van der Waals surface area contributed by atoms with E-state index in [1.54, 1.807) is 25.7 Å². The molecule has 1 aliphatic heterocycles. The van der Waals surface area contributed by atoms with E-state index >= 15 is 0 Å². The maximum atomic E-state index is 13.2. The van der Waals surface area contributed by atoms with Gasteiger partial charge >= 0.3 is 12.1 Å². The number of nitrogens with zero attached hydrogens (tertiary/aromatic N) is 1. The van der Waals surface area contributed by atoms with Crippen LogP contribution in [0, 0.1) is 0 Å². The number of aryl methyl sites for hydroxylation is 1. The maximum absolute atomic E-state index is 13.2. The van der Waals surface area contributed by atoms with Gasteiger partial charge in [0.2, 0.25) is 5.91 Å². The fraction of sp³-hybridized carbons (Fsp3) is 0.464. The standard InChI is InChI=1S/C28H36N2O7/c1-28(2,3)37-27(33)29-24(26(32)30-15-17-35-18-16-30)19-21-7-12-23(13-8-21)36-22-10-5-20(6-11-22)9-14-25(31)34-4/h5-8,10-13,24H,9,14-19H2,1-4H3,(H,29,33). The molecule has 3 rings (SSSR count). The molecule has 2 aromatic carbocycles. The first-order valence-electron chi connectivity index (χ1n) is 12.4. The number of morpholine rings is 1. The van der Waals surface area contributed by atoms with Gasteiger partial charge in [0, 0.05) is 25.9 Å². The highest BCUT2D eigenvalue weighted by Gasteiger charge is 2.29. The molecule has 1 fully saturated rings. The molecule has 0 aliphatic carbocycles. The zero-order chi connectivity index (χ0) is 26.8. The fourth-order valence-corrected chi connectivity index (χ4v) is 3.79. The van der Waals surface area contributed by atoms with Crippen molar-refractivity contribution in [3.63, 3.8) is 0 Å². The van der Waals surface area contributed by atoms with Gasteiger partial charge in [0.05, 0.1) is 20.3 Å². The third-order valence-electron chi connectivity index (χ3n) is 5.68. The van der Waals surface area contributed by atoms with Gasteiger partial charge in [0.15, 0.2) is 0 Å². The molecule has 1 N–H and O–H groups in total. The summed E-state index contributed by atoms with van der Waals surface area (Å²) in [6, 6.07) is 14.1. The lowest BCUT2D eigenvalue weighted by atomic mass is 10.0. The Balaban J connectivity index is 1.62. The third kappa shape index (κ3) is 9.42. The van der Waals surface area contributed by atoms with E-state index in [9.17, 15) is 14.4 Å². The van der Waals surface area contributed by atoms with Crippen molar-refractivity contribution < 1.29 is 33.3 Å². The Hall–Kier alpha value is -3.59. The minimum absolute atomic E-state index is 0.165. The van der Waals surface area contributed by atoms with Crippen molar-refractivity contribution >= 4 is 18.0 Å². The second kappa shape index (κ2) is 13.1. The quantitative estimate of drug-likeness (QED) is 0.509. The van der Waals surface area contributed by atoms with Crippen molar-refractivity contribution in [2.45, 2.75) is 51.7 Å². The molecular weight excluding hydrogens is 476 g/mol. The Bertz CT molecular complexity index is 1040. The van der Waals surface area contributed by atoms with Crippen molar-refractivity contribution in [1.29, 1.82) is 0 Å². The Morgan fingerprint density at radius 1 is 0.946 bits per heavy atom. The summed E-state index contributed by atoms with van der Waals surface area (Å²) in [4.78, 5) is 38.7. The number of carbonyl (C=O) groups is 3. The molecule has 9 nitrogen and oxygen atoms in total. The van der Waals surface area contributed by atoms with E-state index in [2.05, 4.69) is 10.1 Å². The lowest BCUT2D eigenvalue weighted by Gasteiger charge is -2.31. The summed E-state index contributed by atoms with van der Waals surface area (Å²) in [5, 5.41) is 2.75. The van der Waals surface area contributed by atoms with Crippen molar-refractivity contribution in [1.82, 2.24) is 10.2 Å². The molecule has 1 saturated heterocycles. The number of rotatable bonds is 9. The number of hydrogen-bond acceptors (Lipinski definition) is 7. The first kappa shape index (κ1) is 28.0. The smallest absolute Gasteiger partial charge is 0.408 e. The summed E-state index contributed by atoms with van der Waals surface area (Å²) >= 11 is 0. The van der Waals surface area contributed by atoms with Crippen LogP contribution in [0.2, 0.25) is 0 Å². The number of esters is 1. The summed E-state index contributed by atoms with van der Waals surface area (Å²) in [5.41, 5.74) is 1.21. The Morgan fingerprint density at radius 2 is 1.51 bits per heavy atom. The number of carbonyl (C=O) groups excluding carboxylic acids is 3. The van der Waals surface area contributed by atoms with Gasteiger partial charge in [-0.1, -0.05) is 24.3 Å². The van der Waals surface area contributed by atoms with E-state index in [4.69, 9.17) is 14.2 Å². The molecule has 0 aromatic heterocycles. The van der Waals surface area contributed by atoms with Crippen LogP contribution in [0.25, 0.3) is 0 Å². The molecule has 2 aromatic rings. The highest BCUT2D eigenvalue weighted by atomic mass is 16.6. The maximum Gasteiger partial charge on any atom is 0.408 e. The minimum Gasteiger partial charge on any atom is -0.469 e. The van der Waals surface area contributed by atoms with Crippen molar-refractivity contribution in [2.75, 3.05) is 33.4 Å². The van der Waals surface area contributed by atoms with E-state index in [1.807, 2.05) is 48.5 Å². The highest BCUT2D eigenvalue weighted by Crippen LogP contribution is 2.23. The predicted molar refractivity (Wildman–Crippen MR) is 138 cm³/mol. The van der Waals surface area contributed by atoms with Crippen LogP contribution in [0.15, 0.2) is 48.5 Å². The van der Waals surface area contributed by atoms with E-state index in [0.29, 0.717) is 57.1 Å². The summed E-state index contributed by atoms with van der Waals surface area (Å²) in [6.45, 7) is 7.26. The van der Waals surface area contributed by atoms with Crippen LogP contribution in [-0.4, -0.2) is 67.9 Å². The van der Waals surface area contributed by atoms with Gasteiger partial charge in [0.25, 0.3) is 0 Å². The van der Waals surface area contributed by atoms with Gasteiger partial charge in [-0.3, -0.25) is 9.59 Å². The van der Waals surface area contributed by atoms with Crippen molar-refractivity contribution in [3.05, 3.63) is 59.7 Å². The number of methoxy groups -OCH3 is 1. The van der Waals surface area contributed by atoms with Crippen LogP contribution in [0.5, 0.6) is 11.5 Å². The second-order valence-corrected chi connectivity index (χ2v) is 9.81. The van der Waals surface area contributed by atoms with Crippen LogP contribution in [-0.2, 0) is 36.6 Å². The van der Waals surface area contributed by atoms with E-state index in [1.165, 1.54) is 7.11 Å². The topological polar surface area (TPSA) is 103 Å². The third-order valence-corrected chi connectivity index (χ3v) is 5.68. The number of nitrogens with one attached hydrogen (secondary N) is 1. The summed E-state index contributed by atoms with van der Waals surface area (Å²) < 4.78 is 21.3. The van der Waals surface area contributed by atoms with Crippen molar-refractivity contribution in [2.24, 2.45) is 0 Å². The first-order chi connectivity index (χ1) is 17.6. The molecule has 0 bridgehead atoms. The van der Waals surface area contributed by atoms with Crippen LogP contribution < -0.4 is 10.1 Å². The Morgan fingerprint density at radius 3 is 2.05 bits per heavy atom. The first-order valence-corrected chi connectivity index (χ1v) is 12.4. The Labute approximate surface area is 218 Å². The zero-order valence-electron chi connectivity index (χ0n) is 22.0. The molecule has 9 heteroatoms. The summed E-state index contributed by atoms with van der Waals surface area (Å²) in [5.74, 6) is 0.904. The SMILES string of the molecule is COC(=O)CCc1ccc(Oc2ccc(CC(NC(=O)OC(C)(C)C)C(=O)N3CCOCC3)cc2)cc1. The molecule has 0 radical (unpaired) electrons. The van der Waals surface area contributed by atoms with Gasteiger partial charge in [0.1, 0.15) is 23.1 Å². The number of amides is 2. The average Bonchev–Trinajstić information content (AvgIpc) is 2.87. The van der Waals surface area contributed by atoms with Crippen LogP contribution in [0.4, 0.5) is 4.79 Å². The lowest BCUT2D eigenvalue weighted by Crippen LogP contribution is -2.53. The van der Waals surface area contributed by atoms with Crippen LogP contribution >= 0.6 is 0 Å². The predicted octanol–water partition coefficient (Wildman–Crippen LogP) is 3.88. The molecule has 1 unspecified atom stereocenters. The highest BCUT2D eigenvalue weighted by molar-refractivity contribution is 5.86. The lowest BCUT2D eigenvalue weighted by molar-refractivity contribution is -0.140. The Kier molecular flexibility index (Phi) is 9.91. The normalized spacial score (nSPS) is 14.4. The number of hydrogen-bond donors (Lipinski definition) is 1. The van der Waals surface area contributed by atoms with E-state index in [0.717, 1.165) is 11.1 Å². The largest absolute Gasteiger partial charge is 0.469 e. The van der Waals surface area contributed by atoms with E-state index < -0.39 is 17.7 Å². The molecule has 37 heavy (non-hydrogen) atoms. The zero-order valence-corrected chi connectivity index (χ0v) is 22.0. The average molecular weight is 513 g/mol. The van der Waals surface area contributed by atoms with Gasteiger partial charge in [-0.25, -0.2) is 4.79 Å². The molecule has 0 saturated carbocycles. The number of benzene rings is 2. The second-order valence-electron chi connectivity index (χ2n) is 9.81. The minimum atomic E-state index is -0.766. The summed E-state index contributed by atoms with van der Waals surface area (Å²) in [7, 11) is 1.38. The van der Waals surface area contributed by atoms with Crippen molar-refractivity contribution in [3.8, 4) is 11.5 Å². The number of alkyl carbamates (subject to hydrolysis) is 1.